The van der Waals surface area contributed by atoms with Crippen LogP contribution in [0.4, 0.5) is 16.5 Å². The van der Waals surface area contributed by atoms with Gasteiger partial charge in [0.1, 0.15) is 6.26 Å². The fourth-order valence-electron chi connectivity index (χ4n) is 1.24. The van der Waals surface area contributed by atoms with Crippen LogP contribution in [0.25, 0.3) is 0 Å². The number of nitrogens with zero attached hydrogens (tertiary/aromatic N) is 2. The predicted octanol–water partition coefficient (Wildman–Crippen LogP) is 1.89. The van der Waals surface area contributed by atoms with Gasteiger partial charge in [-0.15, -0.1) is 0 Å². The van der Waals surface area contributed by atoms with Crippen LogP contribution in [0.5, 0.6) is 0 Å². The Kier molecular flexibility index (Phi) is 2.37. The fourth-order valence-corrected chi connectivity index (χ4v) is 1.24. The molecule has 5 heteroatoms. The lowest BCUT2D eigenvalue weighted by Crippen LogP contribution is -2.31. The number of benzene rings is 1. The third-order valence-corrected chi connectivity index (χ3v) is 1.85. The molecule has 0 radical (unpaired) electrons. The highest BCUT2D eigenvalue weighted by atomic mass is 16.4. The number of carbonyl (C=O) groups is 1. The Labute approximate surface area is 86.1 Å². The van der Waals surface area contributed by atoms with Gasteiger partial charge in [0.05, 0.1) is 11.9 Å². The molecule has 76 valence electrons. The largest absolute Gasteiger partial charge is 0.431 e. The Morgan fingerprint density at radius 3 is 2.60 bits per heavy atom. The standard InChI is InChI=1S/C10H9N3O2/c11-9(14)13(10-12-6-7-15-10)8-4-2-1-3-5-8/h1-7H,(H2,11,14). The van der Waals surface area contributed by atoms with Crippen molar-refractivity contribution < 1.29 is 9.21 Å². The first-order chi connectivity index (χ1) is 7.29. The molecule has 0 aliphatic rings. The van der Waals surface area contributed by atoms with Crippen molar-refractivity contribution in [2.45, 2.75) is 0 Å². The number of primary amides is 1. The number of anilines is 2. The first kappa shape index (κ1) is 9.26. The van der Waals surface area contributed by atoms with Crippen molar-refractivity contribution in [3.05, 3.63) is 42.8 Å². The second kappa shape index (κ2) is 3.83. The van der Waals surface area contributed by atoms with Crippen molar-refractivity contribution >= 4 is 17.7 Å². The van der Waals surface area contributed by atoms with Gasteiger partial charge in [0.15, 0.2) is 0 Å². The van der Waals surface area contributed by atoms with E-state index in [1.54, 1.807) is 24.3 Å². The molecule has 0 atom stereocenters. The van der Waals surface area contributed by atoms with E-state index < -0.39 is 6.03 Å². The molecule has 1 heterocycles. The van der Waals surface area contributed by atoms with Crippen molar-refractivity contribution in [2.24, 2.45) is 5.73 Å². The number of carbonyl (C=O) groups excluding carboxylic acids is 1. The molecule has 0 aliphatic carbocycles. The van der Waals surface area contributed by atoms with Crippen LogP contribution in [0, 0.1) is 0 Å². The molecule has 0 spiro atoms. The quantitative estimate of drug-likeness (QED) is 0.809. The van der Waals surface area contributed by atoms with E-state index in [9.17, 15) is 4.79 Å². The summed E-state index contributed by atoms with van der Waals surface area (Å²) in [6.45, 7) is 0. The number of hydrogen-bond donors (Lipinski definition) is 1. The van der Waals surface area contributed by atoms with Crippen LogP contribution in [-0.2, 0) is 0 Å². The first-order valence-electron chi connectivity index (χ1n) is 4.33. The molecule has 5 nitrogen and oxygen atoms in total. The van der Waals surface area contributed by atoms with Gasteiger partial charge < -0.3 is 10.2 Å². The average Bonchev–Trinajstić information content (AvgIpc) is 2.72. The molecular weight excluding hydrogens is 194 g/mol. The minimum Gasteiger partial charge on any atom is -0.431 e. The van der Waals surface area contributed by atoms with Crippen LogP contribution in [0.2, 0.25) is 0 Å². The summed E-state index contributed by atoms with van der Waals surface area (Å²) in [6.07, 6.45) is 2.84. The molecule has 0 saturated carbocycles. The molecule has 0 aliphatic heterocycles. The van der Waals surface area contributed by atoms with Crippen molar-refractivity contribution in [2.75, 3.05) is 4.90 Å². The summed E-state index contributed by atoms with van der Waals surface area (Å²) in [5.74, 6) is 0. The summed E-state index contributed by atoms with van der Waals surface area (Å²) in [5, 5.41) is 0. The minimum atomic E-state index is -0.636. The van der Waals surface area contributed by atoms with E-state index in [2.05, 4.69) is 4.98 Å². The average molecular weight is 203 g/mol. The van der Waals surface area contributed by atoms with E-state index in [0.717, 1.165) is 0 Å². The normalized spacial score (nSPS) is 9.87. The molecule has 0 fully saturated rings. The van der Waals surface area contributed by atoms with Gasteiger partial charge in [0, 0.05) is 0 Å². The van der Waals surface area contributed by atoms with Gasteiger partial charge in [0.2, 0.25) is 0 Å². The molecule has 2 N–H and O–H groups in total. The van der Waals surface area contributed by atoms with Crippen molar-refractivity contribution in [3.63, 3.8) is 0 Å². The van der Waals surface area contributed by atoms with E-state index in [0.29, 0.717) is 5.69 Å². The third-order valence-electron chi connectivity index (χ3n) is 1.85. The SMILES string of the molecule is NC(=O)N(c1ccccc1)c1ncco1. The number of urea groups is 1. The summed E-state index contributed by atoms with van der Waals surface area (Å²) in [7, 11) is 0. The lowest BCUT2D eigenvalue weighted by Gasteiger charge is -2.15. The number of para-hydroxylation sites is 1. The molecule has 1 aromatic carbocycles. The second-order valence-electron chi connectivity index (χ2n) is 2.82. The van der Waals surface area contributed by atoms with E-state index in [1.807, 2.05) is 6.07 Å². The van der Waals surface area contributed by atoms with E-state index in [1.165, 1.54) is 17.4 Å². The molecule has 0 saturated heterocycles. The Morgan fingerprint density at radius 1 is 1.33 bits per heavy atom. The van der Waals surface area contributed by atoms with Gasteiger partial charge in [0.25, 0.3) is 0 Å². The van der Waals surface area contributed by atoms with Crippen LogP contribution < -0.4 is 10.6 Å². The number of oxazole rings is 1. The van der Waals surface area contributed by atoms with E-state index >= 15 is 0 Å². The topological polar surface area (TPSA) is 72.4 Å². The molecule has 1 aromatic heterocycles. The van der Waals surface area contributed by atoms with Gasteiger partial charge in [-0.05, 0) is 12.1 Å². The zero-order valence-corrected chi connectivity index (χ0v) is 7.83. The van der Waals surface area contributed by atoms with Gasteiger partial charge in [-0.3, -0.25) is 0 Å². The van der Waals surface area contributed by atoms with E-state index in [-0.39, 0.29) is 6.01 Å². The van der Waals surface area contributed by atoms with Crippen molar-refractivity contribution in [1.82, 2.24) is 4.98 Å². The summed E-state index contributed by atoms with van der Waals surface area (Å²) in [4.78, 5) is 16.3. The van der Waals surface area contributed by atoms with Crippen LogP contribution in [0.3, 0.4) is 0 Å². The second-order valence-corrected chi connectivity index (χ2v) is 2.82. The van der Waals surface area contributed by atoms with E-state index in [4.69, 9.17) is 10.2 Å². The Hall–Kier alpha value is -2.30. The van der Waals surface area contributed by atoms with Crippen molar-refractivity contribution in [1.29, 1.82) is 0 Å². The summed E-state index contributed by atoms with van der Waals surface area (Å²) >= 11 is 0. The maximum atomic E-state index is 11.2. The van der Waals surface area contributed by atoms with Gasteiger partial charge in [-0.25, -0.2) is 14.7 Å². The smallest absolute Gasteiger partial charge is 0.327 e. The predicted molar refractivity (Wildman–Crippen MR) is 54.7 cm³/mol. The van der Waals surface area contributed by atoms with Crippen molar-refractivity contribution in [3.8, 4) is 0 Å². The number of nitrogens with two attached hydrogens (primary N) is 1. The summed E-state index contributed by atoms with van der Waals surface area (Å²) in [6, 6.07) is 8.46. The molecule has 15 heavy (non-hydrogen) atoms. The summed E-state index contributed by atoms with van der Waals surface area (Å²) in [5.41, 5.74) is 5.86. The molecule has 0 bridgehead atoms. The Bertz CT molecular complexity index is 439. The van der Waals surface area contributed by atoms with Gasteiger partial charge in [-0.1, -0.05) is 18.2 Å². The Balaban J connectivity index is 2.42. The number of rotatable bonds is 2. The number of hydrogen-bond acceptors (Lipinski definition) is 3. The highest BCUT2D eigenvalue weighted by molar-refractivity contribution is 5.96. The third kappa shape index (κ3) is 1.80. The highest BCUT2D eigenvalue weighted by Gasteiger charge is 2.18. The van der Waals surface area contributed by atoms with Crippen LogP contribution >= 0.6 is 0 Å². The zero-order valence-electron chi connectivity index (χ0n) is 7.83. The lowest BCUT2D eigenvalue weighted by molar-refractivity contribution is 0.255. The van der Waals surface area contributed by atoms with Crippen LogP contribution in [0.15, 0.2) is 47.2 Å². The molecule has 0 unspecified atom stereocenters. The maximum absolute atomic E-state index is 11.2. The van der Waals surface area contributed by atoms with Gasteiger partial charge >= 0.3 is 12.0 Å². The van der Waals surface area contributed by atoms with Gasteiger partial charge in [-0.2, -0.15) is 0 Å². The highest BCUT2D eigenvalue weighted by Crippen LogP contribution is 2.22. The number of aromatic nitrogens is 1. The molecule has 2 aromatic rings. The molecular formula is C10H9N3O2. The molecule has 2 amide bonds. The molecule has 2 rings (SSSR count). The van der Waals surface area contributed by atoms with Crippen LogP contribution in [-0.4, -0.2) is 11.0 Å². The monoisotopic (exact) mass is 203 g/mol. The zero-order chi connectivity index (χ0) is 10.7. The Morgan fingerprint density at radius 2 is 2.07 bits per heavy atom. The summed E-state index contributed by atoms with van der Waals surface area (Å²) < 4.78 is 5.03. The lowest BCUT2D eigenvalue weighted by atomic mass is 10.3. The number of amides is 2. The minimum absolute atomic E-state index is 0.161. The fraction of sp³-hybridized carbons (Fsp3) is 0. The maximum Gasteiger partial charge on any atom is 0.327 e. The van der Waals surface area contributed by atoms with Crippen LogP contribution in [0.1, 0.15) is 0 Å². The first-order valence-corrected chi connectivity index (χ1v) is 4.33.